The summed E-state index contributed by atoms with van der Waals surface area (Å²) in [5.74, 6) is 3.75. The molecule has 0 bridgehead atoms. The molecule has 0 radical (unpaired) electrons. The van der Waals surface area contributed by atoms with Crippen molar-refractivity contribution in [3.63, 3.8) is 0 Å². The Labute approximate surface area is 163 Å². The van der Waals surface area contributed by atoms with Crippen molar-refractivity contribution in [1.29, 1.82) is 0 Å². The van der Waals surface area contributed by atoms with Gasteiger partial charge in [-0.25, -0.2) is 0 Å². The van der Waals surface area contributed by atoms with Crippen molar-refractivity contribution in [3.05, 3.63) is 18.2 Å². The van der Waals surface area contributed by atoms with E-state index in [1.165, 1.54) is 70.4 Å². The minimum Gasteiger partial charge on any atom is -0.454 e. The standard InChI is InChI=1S/C22H33N3O2/c1-2-21-22(27-16-26-21)15-20(1)25-13-7-19(8-14-25)24-11-5-18(6-12-24)17-3-9-23-10-4-17/h1-2,15,17-19,23H,3-14,16H2. The lowest BCUT2D eigenvalue weighted by atomic mass is 9.79. The van der Waals surface area contributed by atoms with E-state index in [1.54, 1.807) is 0 Å². The first-order valence-corrected chi connectivity index (χ1v) is 11.0. The zero-order valence-corrected chi connectivity index (χ0v) is 16.4. The molecule has 4 aliphatic heterocycles. The lowest BCUT2D eigenvalue weighted by Gasteiger charge is -2.44. The van der Waals surface area contributed by atoms with Crippen LogP contribution in [0.15, 0.2) is 18.2 Å². The first kappa shape index (κ1) is 17.6. The van der Waals surface area contributed by atoms with Gasteiger partial charge in [-0.2, -0.15) is 0 Å². The van der Waals surface area contributed by atoms with Gasteiger partial charge in [0.2, 0.25) is 6.79 Å². The summed E-state index contributed by atoms with van der Waals surface area (Å²) in [6.45, 7) is 7.78. The molecular formula is C22H33N3O2. The lowest BCUT2D eigenvalue weighted by molar-refractivity contribution is 0.0862. The molecule has 1 aromatic carbocycles. The smallest absolute Gasteiger partial charge is 0.231 e. The zero-order chi connectivity index (χ0) is 18.1. The third-order valence-corrected chi connectivity index (χ3v) is 7.33. The highest BCUT2D eigenvalue weighted by molar-refractivity contribution is 5.57. The summed E-state index contributed by atoms with van der Waals surface area (Å²) in [5.41, 5.74) is 1.28. The summed E-state index contributed by atoms with van der Waals surface area (Å²) in [6.07, 6.45) is 8.22. The number of hydrogen-bond donors (Lipinski definition) is 1. The van der Waals surface area contributed by atoms with Crippen LogP contribution in [0.25, 0.3) is 0 Å². The second-order valence-corrected chi connectivity index (χ2v) is 8.72. The van der Waals surface area contributed by atoms with Crippen molar-refractivity contribution in [2.45, 2.75) is 44.6 Å². The number of nitrogens with one attached hydrogen (secondary N) is 1. The summed E-state index contributed by atoms with van der Waals surface area (Å²) in [4.78, 5) is 5.31. The van der Waals surface area contributed by atoms with Crippen molar-refractivity contribution in [2.24, 2.45) is 11.8 Å². The van der Waals surface area contributed by atoms with E-state index in [1.807, 2.05) is 0 Å². The summed E-state index contributed by atoms with van der Waals surface area (Å²) >= 11 is 0. The van der Waals surface area contributed by atoms with E-state index in [9.17, 15) is 0 Å². The number of nitrogens with zero attached hydrogens (tertiary/aromatic N) is 2. The van der Waals surface area contributed by atoms with E-state index in [0.717, 1.165) is 42.5 Å². The molecule has 4 heterocycles. The Kier molecular flexibility index (Phi) is 5.14. The van der Waals surface area contributed by atoms with Gasteiger partial charge in [0.1, 0.15) is 0 Å². The number of ether oxygens (including phenoxy) is 2. The van der Waals surface area contributed by atoms with Crippen LogP contribution in [0.5, 0.6) is 11.5 Å². The van der Waals surface area contributed by atoms with E-state index in [-0.39, 0.29) is 0 Å². The van der Waals surface area contributed by atoms with Crippen molar-refractivity contribution < 1.29 is 9.47 Å². The van der Waals surface area contributed by atoms with Crippen LogP contribution >= 0.6 is 0 Å². The fraction of sp³-hybridized carbons (Fsp3) is 0.727. The van der Waals surface area contributed by atoms with Crippen LogP contribution in [-0.2, 0) is 0 Å². The summed E-state index contributed by atoms with van der Waals surface area (Å²) in [5, 5.41) is 3.52. The van der Waals surface area contributed by atoms with Crippen LogP contribution in [0.4, 0.5) is 5.69 Å². The average molecular weight is 372 g/mol. The molecule has 3 fully saturated rings. The molecule has 1 aromatic rings. The van der Waals surface area contributed by atoms with Gasteiger partial charge in [-0.05, 0) is 88.7 Å². The van der Waals surface area contributed by atoms with Gasteiger partial charge in [0.15, 0.2) is 11.5 Å². The predicted octanol–water partition coefficient (Wildman–Crippen LogP) is 3.10. The van der Waals surface area contributed by atoms with Gasteiger partial charge in [0.25, 0.3) is 0 Å². The maximum absolute atomic E-state index is 5.55. The van der Waals surface area contributed by atoms with Gasteiger partial charge in [0.05, 0.1) is 0 Å². The molecule has 3 saturated heterocycles. The number of rotatable bonds is 3. The van der Waals surface area contributed by atoms with Gasteiger partial charge < -0.3 is 24.6 Å². The van der Waals surface area contributed by atoms with Crippen LogP contribution in [0, 0.1) is 11.8 Å². The summed E-state index contributed by atoms with van der Waals surface area (Å²) in [7, 11) is 0. The number of piperidine rings is 3. The molecule has 5 heteroatoms. The molecule has 5 nitrogen and oxygen atoms in total. The van der Waals surface area contributed by atoms with Crippen LogP contribution in [0.3, 0.4) is 0 Å². The maximum atomic E-state index is 5.55. The molecule has 0 spiro atoms. The molecule has 0 atom stereocenters. The third-order valence-electron chi connectivity index (χ3n) is 7.33. The Bertz CT molecular complexity index is 630. The molecule has 5 rings (SSSR count). The molecular weight excluding hydrogens is 338 g/mol. The molecule has 148 valence electrons. The number of hydrogen-bond acceptors (Lipinski definition) is 5. The van der Waals surface area contributed by atoms with E-state index in [0.29, 0.717) is 6.79 Å². The number of likely N-dealkylation sites (tertiary alicyclic amines) is 1. The fourth-order valence-corrected chi connectivity index (χ4v) is 5.64. The quantitative estimate of drug-likeness (QED) is 0.884. The highest BCUT2D eigenvalue weighted by Gasteiger charge is 2.32. The van der Waals surface area contributed by atoms with Crippen LogP contribution < -0.4 is 19.7 Å². The van der Waals surface area contributed by atoms with E-state index in [4.69, 9.17) is 9.47 Å². The normalized spacial score (nSPS) is 25.9. The Balaban J connectivity index is 1.11. The topological polar surface area (TPSA) is 37.0 Å². The number of fused-ring (bicyclic) bond motifs is 1. The monoisotopic (exact) mass is 371 g/mol. The molecule has 27 heavy (non-hydrogen) atoms. The van der Waals surface area contributed by atoms with Crippen molar-refractivity contribution in [1.82, 2.24) is 10.2 Å². The highest BCUT2D eigenvalue weighted by Crippen LogP contribution is 2.37. The Morgan fingerprint density at radius 3 is 2.26 bits per heavy atom. The first-order chi connectivity index (χ1) is 13.4. The SMILES string of the molecule is c1cc2c(cc1N1CCC(N3CCC(C4CCNCC4)CC3)CC1)OCO2. The largest absolute Gasteiger partial charge is 0.454 e. The third kappa shape index (κ3) is 3.77. The van der Waals surface area contributed by atoms with E-state index >= 15 is 0 Å². The molecule has 4 aliphatic rings. The molecule has 0 aliphatic carbocycles. The molecule has 0 unspecified atom stereocenters. The highest BCUT2D eigenvalue weighted by atomic mass is 16.7. The number of anilines is 1. The minimum absolute atomic E-state index is 0.355. The molecule has 0 amide bonds. The number of benzene rings is 1. The summed E-state index contributed by atoms with van der Waals surface area (Å²) in [6, 6.07) is 7.16. The fourth-order valence-electron chi connectivity index (χ4n) is 5.64. The van der Waals surface area contributed by atoms with Gasteiger partial charge in [-0.1, -0.05) is 0 Å². The van der Waals surface area contributed by atoms with Gasteiger partial charge in [-0.3, -0.25) is 0 Å². The maximum Gasteiger partial charge on any atom is 0.231 e. The molecule has 1 N–H and O–H groups in total. The molecule has 0 saturated carbocycles. The minimum atomic E-state index is 0.355. The second kappa shape index (κ2) is 7.88. The van der Waals surface area contributed by atoms with Crippen molar-refractivity contribution in [3.8, 4) is 11.5 Å². The van der Waals surface area contributed by atoms with Crippen LogP contribution in [-0.4, -0.2) is 57.0 Å². The Hall–Kier alpha value is -1.46. The average Bonchev–Trinajstić information content (AvgIpc) is 3.23. The lowest BCUT2D eigenvalue weighted by Crippen LogP contribution is -2.48. The van der Waals surface area contributed by atoms with Gasteiger partial charge in [-0.15, -0.1) is 0 Å². The van der Waals surface area contributed by atoms with Crippen molar-refractivity contribution >= 4 is 5.69 Å². The molecule has 0 aromatic heterocycles. The predicted molar refractivity (Wildman–Crippen MR) is 108 cm³/mol. The van der Waals surface area contributed by atoms with Gasteiger partial charge in [0, 0.05) is 30.9 Å². The first-order valence-electron chi connectivity index (χ1n) is 11.0. The Morgan fingerprint density at radius 1 is 0.778 bits per heavy atom. The Morgan fingerprint density at radius 2 is 1.48 bits per heavy atom. The van der Waals surface area contributed by atoms with Crippen molar-refractivity contribution in [2.75, 3.05) is 51.0 Å². The van der Waals surface area contributed by atoms with Gasteiger partial charge >= 0.3 is 0 Å². The van der Waals surface area contributed by atoms with Crippen LogP contribution in [0.1, 0.15) is 38.5 Å². The summed E-state index contributed by atoms with van der Waals surface area (Å²) < 4.78 is 11.0. The van der Waals surface area contributed by atoms with E-state index < -0.39 is 0 Å². The zero-order valence-electron chi connectivity index (χ0n) is 16.4. The van der Waals surface area contributed by atoms with E-state index in [2.05, 4.69) is 33.3 Å². The second-order valence-electron chi connectivity index (χ2n) is 8.72. The van der Waals surface area contributed by atoms with Crippen LogP contribution in [0.2, 0.25) is 0 Å².